The molecule has 0 unspecified atom stereocenters. The van der Waals surface area contributed by atoms with E-state index in [0.29, 0.717) is 12.5 Å². The topological polar surface area (TPSA) is 67.2 Å². The summed E-state index contributed by atoms with van der Waals surface area (Å²) in [6, 6.07) is 0. The molecular weight excluding hydrogens is 292 g/mol. The van der Waals surface area contributed by atoms with E-state index in [9.17, 15) is 9.59 Å². The second-order valence-corrected chi connectivity index (χ2v) is 6.56. The van der Waals surface area contributed by atoms with E-state index < -0.39 is 0 Å². The van der Waals surface area contributed by atoms with Crippen LogP contribution in [0, 0.1) is 11.8 Å². The smallest absolute Gasteiger partial charge is 0.225 e. The van der Waals surface area contributed by atoms with Crippen molar-refractivity contribution in [2.75, 3.05) is 19.6 Å². The molecule has 6 nitrogen and oxygen atoms in total. The highest BCUT2D eigenvalue weighted by Crippen LogP contribution is 2.32. The average molecular weight is 318 g/mol. The van der Waals surface area contributed by atoms with Crippen molar-refractivity contribution in [2.24, 2.45) is 11.8 Å². The molecule has 2 amide bonds. The monoisotopic (exact) mass is 318 g/mol. The number of nitrogens with one attached hydrogen (secondary N) is 1. The van der Waals surface area contributed by atoms with Crippen LogP contribution in [0.4, 0.5) is 0 Å². The molecule has 3 rings (SSSR count). The Bertz CT molecular complexity index is 557. The van der Waals surface area contributed by atoms with Crippen LogP contribution in [0.5, 0.6) is 0 Å². The fourth-order valence-corrected chi connectivity index (χ4v) is 3.25. The maximum Gasteiger partial charge on any atom is 0.225 e. The quantitative estimate of drug-likeness (QED) is 0.857. The van der Waals surface area contributed by atoms with Crippen molar-refractivity contribution in [3.8, 4) is 0 Å². The molecule has 23 heavy (non-hydrogen) atoms. The number of rotatable bonds is 6. The third-order valence-electron chi connectivity index (χ3n) is 4.87. The molecule has 2 aliphatic rings. The highest BCUT2D eigenvalue weighted by molar-refractivity contribution is 5.82. The van der Waals surface area contributed by atoms with E-state index in [0.717, 1.165) is 57.6 Å². The fraction of sp³-hybridized carbons (Fsp3) is 0.706. The van der Waals surface area contributed by atoms with E-state index in [1.807, 2.05) is 11.1 Å². The van der Waals surface area contributed by atoms with Crippen LogP contribution in [-0.2, 0) is 22.6 Å². The van der Waals surface area contributed by atoms with Crippen molar-refractivity contribution in [3.63, 3.8) is 0 Å². The van der Waals surface area contributed by atoms with Gasteiger partial charge in [-0.25, -0.2) is 4.98 Å². The van der Waals surface area contributed by atoms with E-state index in [4.69, 9.17) is 0 Å². The minimum absolute atomic E-state index is 0.0479. The number of piperidine rings is 1. The summed E-state index contributed by atoms with van der Waals surface area (Å²) in [7, 11) is 0. The number of aromatic nitrogens is 2. The number of hydrogen-bond acceptors (Lipinski definition) is 3. The van der Waals surface area contributed by atoms with E-state index in [-0.39, 0.29) is 17.7 Å². The van der Waals surface area contributed by atoms with Crippen molar-refractivity contribution in [1.29, 1.82) is 0 Å². The number of carbonyl (C=O) groups excluding carboxylic acids is 2. The van der Waals surface area contributed by atoms with Gasteiger partial charge in [-0.3, -0.25) is 9.59 Å². The zero-order valence-electron chi connectivity index (χ0n) is 13.8. The number of likely N-dealkylation sites (tertiary alicyclic amines) is 1. The van der Waals surface area contributed by atoms with Gasteiger partial charge in [0.25, 0.3) is 0 Å². The van der Waals surface area contributed by atoms with Crippen LogP contribution in [-0.4, -0.2) is 45.9 Å². The van der Waals surface area contributed by atoms with Crippen molar-refractivity contribution < 1.29 is 9.59 Å². The predicted molar refractivity (Wildman–Crippen MR) is 86.6 cm³/mol. The number of aryl methyl sites for hydroxylation is 1. The first-order valence-corrected chi connectivity index (χ1v) is 8.75. The molecule has 0 radical (unpaired) electrons. The van der Waals surface area contributed by atoms with Gasteiger partial charge in [0.05, 0.1) is 0 Å². The molecule has 6 heteroatoms. The molecule has 0 atom stereocenters. The maximum absolute atomic E-state index is 12.3. The normalized spacial score (nSPS) is 18.9. The Morgan fingerprint density at radius 2 is 1.96 bits per heavy atom. The molecule has 2 heterocycles. The zero-order valence-corrected chi connectivity index (χ0v) is 13.8. The van der Waals surface area contributed by atoms with Gasteiger partial charge in [-0.2, -0.15) is 0 Å². The number of nitrogens with zero attached hydrogens (tertiary/aromatic N) is 3. The van der Waals surface area contributed by atoms with Crippen LogP contribution < -0.4 is 5.32 Å². The molecule has 1 aromatic rings. The third-order valence-corrected chi connectivity index (χ3v) is 4.87. The Kier molecular flexibility index (Phi) is 4.98. The molecule has 1 saturated carbocycles. The lowest BCUT2D eigenvalue weighted by Gasteiger charge is -2.31. The summed E-state index contributed by atoms with van der Waals surface area (Å²) in [5.41, 5.74) is 0. The Hall–Kier alpha value is -1.85. The molecule has 1 aliphatic heterocycles. The number of carbonyl (C=O) groups is 2. The van der Waals surface area contributed by atoms with Crippen LogP contribution in [0.15, 0.2) is 12.4 Å². The van der Waals surface area contributed by atoms with Gasteiger partial charge < -0.3 is 14.8 Å². The molecule has 1 N–H and O–H groups in total. The highest BCUT2D eigenvalue weighted by atomic mass is 16.2. The zero-order chi connectivity index (χ0) is 16.2. The van der Waals surface area contributed by atoms with E-state index in [1.165, 1.54) is 0 Å². The largest absolute Gasteiger partial charge is 0.354 e. The predicted octanol–water partition coefficient (Wildman–Crippen LogP) is 1.21. The van der Waals surface area contributed by atoms with Gasteiger partial charge in [-0.05, 0) is 25.7 Å². The van der Waals surface area contributed by atoms with Gasteiger partial charge in [0, 0.05) is 56.8 Å². The Morgan fingerprint density at radius 3 is 2.61 bits per heavy atom. The van der Waals surface area contributed by atoms with E-state index in [1.54, 1.807) is 6.20 Å². The molecule has 126 valence electrons. The Labute approximate surface area is 137 Å². The summed E-state index contributed by atoms with van der Waals surface area (Å²) >= 11 is 0. The second-order valence-electron chi connectivity index (χ2n) is 6.56. The van der Waals surface area contributed by atoms with Crippen molar-refractivity contribution >= 4 is 11.8 Å². The van der Waals surface area contributed by atoms with Gasteiger partial charge in [0.15, 0.2) is 0 Å². The van der Waals surface area contributed by atoms with E-state index in [2.05, 4.69) is 21.8 Å². The fourth-order valence-electron chi connectivity index (χ4n) is 3.25. The number of hydrogen-bond donors (Lipinski definition) is 1. The van der Waals surface area contributed by atoms with Crippen LogP contribution >= 0.6 is 0 Å². The van der Waals surface area contributed by atoms with Crippen molar-refractivity contribution in [3.05, 3.63) is 18.2 Å². The molecule has 2 fully saturated rings. The van der Waals surface area contributed by atoms with Crippen molar-refractivity contribution in [1.82, 2.24) is 19.8 Å². The molecular formula is C17H26N4O2. The number of imidazole rings is 1. The van der Waals surface area contributed by atoms with E-state index >= 15 is 0 Å². The summed E-state index contributed by atoms with van der Waals surface area (Å²) in [6.07, 6.45) is 8.32. The lowest BCUT2D eigenvalue weighted by atomic mass is 9.95. The first kappa shape index (κ1) is 16.0. The van der Waals surface area contributed by atoms with Crippen LogP contribution in [0.2, 0.25) is 0 Å². The first-order chi connectivity index (χ1) is 11.2. The van der Waals surface area contributed by atoms with Gasteiger partial charge in [0.2, 0.25) is 11.8 Å². The average Bonchev–Trinajstić information content (AvgIpc) is 3.33. The summed E-state index contributed by atoms with van der Waals surface area (Å²) in [5, 5.41) is 3.03. The van der Waals surface area contributed by atoms with Crippen LogP contribution in [0.1, 0.15) is 38.4 Å². The van der Waals surface area contributed by atoms with Gasteiger partial charge in [0.1, 0.15) is 5.82 Å². The molecule has 0 aromatic carbocycles. The SMILES string of the molecule is CCc1nccn1CCNC(=O)C1CCN(C(=O)C2CC2)CC1. The van der Waals surface area contributed by atoms with Crippen LogP contribution in [0.25, 0.3) is 0 Å². The lowest BCUT2D eigenvalue weighted by molar-refractivity contribution is -0.136. The lowest BCUT2D eigenvalue weighted by Crippen LogP contribution is -2.44. The summed E-state index contributed by atoms with van der Waals surface area (Å²) in [4.78, 5) is 30.5. The molecule has 0 bridgehead atoms. The Morgan fingerprint density at radius 1 is 1.22 bits per heavy atom. The maximum atomic E-state index is 12.3. The second kappa shape index (κ2) is 7.15. The molecule has 0 spiro atoms. The van der Waals surface area contributed by atoms with Crippen molar-refractivity contribution in [2.45, 2.75) is 45.6 Å². The van der Waals surface area contributed by atoms with Crippen LogP contribution in [0.3, 0.4) is 0 Å². The van der Waals surface area contributed by atoms with Gasteiger partial charge in [-0.1, -0.05) is 6.92 Å². The third kappa shape index (κ3) is 3.92. The first-order valence-electron chi connectivity index (χ1n) is 8.75. The standard InChI is InChI=1S/C17H26N4O2/c1-2-15-18-7-11-20(15)12-8-19-16(22)13-5-9-21(10-6-13)17(23)14-3-4-14/h7,11,13-14H,2-6,8-10,12H2,1H3,(H,19,22). The van der Waals surface area contributed by atoms with Gasteiger partial charge in [-0.15, -0.1) is 0 Å². The summed E-state index contributed by atoms with van der Waals surface area (Å²) < 4.78 is 2.08. The molecule has 1 saturated heterocycles. The minimum atomic E-state index is 0.0479. The van der Waals surface area contributed by atoms with Gasteiger partial charge >= 0.3 is 0 Å². The minimum Gasteiger partial charge on any atom is -0.354 e. The summed E-state index contributed by atoms with van der Waals surface area (Å²) in [5.74, 6) is 1.80. The number of amides is 2. The highest BCUT2D eigenvalue weighted by Gasteiger charge is 2.35. The molecule has 1 aromatic heterocycles. The Balaban J connectivity index is 1.38. The summed E-state index contributed by atoms with van der Waals surface area (Å²) in [6.45, 7) is 4.93. The molecule has 1 aliphatic carbocycles.